The van der Waals surface area contributed by atoms with Crippen LogP contribution in [0.2, 0.25) is 0 Å². The molecule has 7 heteroatoms. The summed E-state index contributed by atoms with van der Waals surface area (Å²) in [5.41, 5.74) is 4.38. The molecule has 1 rings (SSSR count). The Labute approximate surface area is 95.5 Å². The molecule has 90 valence electrons. The third-order valence-electron chi connectivity index (χ3n) is 2.09. The van der Waals surface area contributed by atoms with E-state index in [0.717, 1.165) is 6.07 Å². The van der Waals surface area contributed by atoms with Gasteiger partial charge in [-0.15, -0.1) is 0 Å². The van der Waals surface area contributed by atoms with Crippen LogP contribution in [0.5, 0.6) is 0 Å². The monoisotopic (exact) mass is 241 g/mol. The van der Waals surface area contributed by atoms with Gasteiger partial charge in [-0.1, -0.05) is 0 Å². The lowest BCUT2D eigenvalue weighted by atomic mass is 10.0. The molecule has 1 aromatic rings. The molecule has 0 amide bonds. The first-order valence-electron chi connectivity index (χ1n) is 4.62. The fraction of sp³-hybridized carbons (Fsp3) is 0.300. The number of carboxylic acids is 1. The number of aliphatic carboxylic acids is 1. The van der Waals surface area contributed by atoms with Gasteiger partial charge in [0.1, 0.15) is 11.8 Å². The van der Waals surface area contributed by atoms with Crippen LogP contribution in [-0.2, 0) is 17.8 Å². The Morgan fingerprint density at radius 2 is 2.29 bits per heavy atom. The summed E-state index contributed by atoms with van der Waals surface area (Å²) < 4.78 is 25.6. The summed E-state index contributed by atoms with van der Waals surface area (Å²) in [6.07, 6.45) is -3.47. The minimum Gasteiger partial charge on any atom is -0.481 e. The van der Waals surface area contributed by atoms with Crippen LogP contribution in [0.15, 0.2) is 6.07 Å². The van der Waals surface area contributed by atoms with Crippen molar-refractivity contribution in [1.29, 1.82) is 5.26 Å². The molecule has 0 aliphatic heterocycles. The highest BCUT2D eigenvalue weighted by molar-refractivity contribution is 5.71. The topological polar surface area (TPSA) is 100 Å². The van der Waals surface area contributed by atoms with Gasteiger partial charge in [-0.2, -0.15) is 5.26 Å². The lowest BCUT2D eigenvalue weighted by Gasteiger charge is -2.11. The number of halogens is 2. The van der Waals surface area contributed by atoms with Crippen LogP contribution in [0, 0.1) is 11.3 Å². The zero-order valence-electron chi connectivity index (χ0n) is 8.65. The Balaban J connectivity index is 3.41. The Bertz CT molecular complexity index is 483. The van der Waals surface area contributed by atoms with Crippen molar-refractivity contribution in [1.82, 2.24) is 4.98 Å². The quantitative estimate of drug-likeness (QED) is 0.818. The van der Waals surface area contributed by atoms with Gasteiger partial charge in [-0.3, -0.25) is 4.79 Å². The number of alkyl halides is 2. The molecule has 0 aromatic carbocycles. The van der Waals surface area contributed by atoms with Gasteiger partial charge >= 0.3 is 5.97 Å². The summed E-state index contributed by atoms with van der Waals surface area (Å²) in [5.74, 6) is -1.26. The van der Waals surface area contributed by atoms with E-state index in [1.54, 1.807) is 6.07 Å². The highest BCUT2D eigenvalue weighted by atomic mass is 19.3. The lowest BCUT2D eigenvalue weighted by Crippen LogP contribution is -2.12. The second kappa shape index (κ2) is 5.32. The smallest absolute Gasteiger partial charge is 0.307 e. The highest BCUT2D eigenvalue weighted by Gasteiger charge is 2.21. The number of nitrogens with zero attached hydrogens (tertiary/aromatic N) is 2. The van der Waals surface area contributed by atoms with Gasteiger partial charge in [0, 0.05) is 12.1 Å². The molecule has 0 atom stereocenters. The van der Waals surface area contributed by atoms with Crippen molar-refractivity contribution in [2.24, 2.45) is 5.73 Å². The molecule has 17 heavy (non-hydrogen) atoms. The number of rotatable bonds is 4. The molecule has 0 aliphatic rings. The number of carboxylic acid groups (broad SMARTS) is 1. The van der Waals surface area contributed by atoms with Crippen molar-refractivity contribution in [2.45, 2.75) is 19.4 Å². The molecule has 0 bridgehead atoms. The normalized spacial score (nSPS) is 10.3. The summed E-state index contributed by atoms with van der Waals surface area (Å²) in [5, 5.41) is 17.3. The Hall–Kier alpha value is -2.07. The fourth-order valence-corrected chi connectivity index (χ4v) is 1.45. The average molecular weight is 241 g/mol. The molecule has 0 spiro atoms. The van der Waals surface area contributed by atoms with E-state index >= 15 is 0 Å². The van der Waals surface area contributed by atoms with Gasteiger partial charge in [0.05, 0.1) is 12.1 Å². The predicted molar refractivity (Wildman–Crippen MR) is 53.1 cm³/mol. The lowest BCUT2D eigenvalue weighted by molar-refractivity contribution is -0.136. The van der Waals surface area contributed by atoms with E-state index in [0.29, 0.717) is 0 Å². The van der Waals surface area contributed by atoms with Crippen LogP contribution >= 0.6 is 0 Å². The minimum atomic E-state index is -2.87. The summed E-state index contributed by atoms with van der Waals surface area (Å²) in [7, 11) is 0. The molecule has 0 saturated heterocycles. The third kappa shape index (κ3) is 2.95. The van der Waals surface area contributed by atoms with Crippen molar-refractivity contribution < 1.29 is 18.7 Å². The van der Waals surface area contributed by atoms with Crippen LogP contribution in [0.25, 0.3) is 0 Å². The molecular weight excluding hydrogens is 232 g/mol. The van der Waals surface area contributed by atoms with E-state index in [-0.39, 0.29) is 23.5 Å². The molecule has 0 radical (unpaired) electrons. The number of hydrogen-bond acceptors (Lipinski definition) is 4. The van der Waals surface area contributed by atoms with Crippen molar-refractivity contribution >= 4 is 5.97 Å². The predicted octanol–water partition coefficient (Wildman–Crippen LogP) is 0.977. The molecule has 0 aliphatic carbocycles. The molecule has 3 N–H and O–H groups in total. The third-order valence-corrected chi connectivity index (χ3v) is 2.09. The second-order valence-corrected chi connectivity index (χ2v) is 3.21. The number of nitrogens with two attached hydrogens (primary N) is 1. The Kier molecular flexibility index (Phi) is 4.06. The van der Waals surface area contributed by atoms with Crippen LogP contribution in [0.1, 0.15) is 28.9 Å². The molecule has 0 saturated carbocycles. The van der Waals surface area contributed by atoms with Crippen LogP contribution < -0.4 is 5.73 Å². The number of aromatic nitrogens is 1. The molecule has 0 unspecified atom stereocenters. The first-order chi connectivity index (χ1) is 7.99. The van der Waals surface area contributed by atoms with Gasteiger partial charge in [0.2, 0.25) is 0 Å². The van der Waals surface area contributed by atoms with Gasteiger partial charge in [-0.25, -0.2) is 13.8 Å². The minimum absolute atomic E-state index is 0.119. The zero-order chi connectivity index (χ0) is 13.0. The molecule has 1 aromatic heterocycles. The van der Waals surface area contributed by atoms with E-state index in [2.05, 4.69) is 4.98 Å². The van der Waals surface area contributed by atoms with E-state index in [1.165, 1.54) is 0 Å². The molecular formula is C10H9F2N3O2. The van der Waals surface area contributed by atoms with E-state index < -0.39 is 24.4 Å². The van der Waals surface area contributed by atoms with Crippen molar-refractivity contribution in [3.8, 4) is 6.07 Å². The first kappa shape index (κ1) is 13.0. The SMILES string of the molecule is N#Cc1cc(CC(=O)O)c(C(F)F)c(CN)n1. The Morgan fingerprint density at radius 3 is 2.71 bits per heavy atom. The summed E-state index contributed by atoms with van der Waals surface area (Å²) >= 11 is 0. The number of pyridine rings is 1. The standard InChI is InChI=1S/C10H9F2N3O2/c11-10(12)9-5(2-8(16)17)1-6(3-13)15-7(9)4-14/h1,10H,2,4,14H2,(H,16,17). The number of nitriles is 1. The van der Waals surface area contributed by atoms with E-state index in [1.807, 2.05) is 0 Å². The summed E-state index contributed by atoms with van der Waals surface area (Å²) in [6, 6.07) is 2.73. The van der Waals surface area contributed by atoms with Gasteiger partial charge in [0.15, 0.2) is 0 Å². The Morgan fingerprint density at radius 1 is 1.65 bits per heavy atom. The van der Waals surface area contributed by atoms with E-state index in [9.17, 15) is 13.6 Å². The van der Waals surface area contributed by atoms with Crippen molar-refractivity contribution in [3.63, 3.8) is 0 Å². The summed E-state index contributed by atoms with van der Waals surface area (Å²) in [4.78, 5) is 14.2. The average Bonchev–Trinajstić information content (AvgIpc) is 2.26. The maximum Gasteiger partial charge on any atom is 0.307 e. The largest absolute Gasteiger partial charge is 0.481 e. The molecule has 5 nitrogen and oxygen atoms in total. The van der Waals surface area contributed by atoms with Gasteiger partial charge < -0.3 is 10.8 Å². The maximum atomic E-state index is 12.8. The summed E-state index contributed by atoms with van der Waals surface area (Å²) in [6.45, 7) is -0.276. The van der Waals surface area contributed by atoms with Crippen molar-refractivity contribution in [3.05, 3.63) is 28.6 Å². The van der Waals surface area contributed by atoms with Crippen molar-refractivity contribution in [2.75, 3.05) is 0 Å². The molecule has 1 heterocycles. The number of carbonyl (C=O) groups is 1. The zero-order valence-corrected chi connectivity index (χ0v) is 8.65. The molecule has 0 fully saturated rings. The van der Waals surface area contributed by atoms with Crippen LogP contribution in [0.4, 0.5) is 8.78 Å². The first-order valence-corrected chi connectivity index (χ1v) is 4.62. The number of hydrogen-bond donors (Lipinski definition) is 2. The van der Waals surface area contributed by atoms with Gasteiger partial charge in [-0.05, 0) is 11.6 Å². The van der Waals surface area contributed by atoms with Crippen LogP contribution in [-0.4, -0.2) is 16.1 Å². The van der Waals surface area contributed by atoms with E-state index in [4.69, 9.17) is 16.1 Å². The highest BCUT2D eigenvalue weighted by Crippen LogP contribution is 2.26. The van der Waals surface area contributed by atoms with Gasteiger partial charge in [0.25, 0.3) is 6.43 Å². The maximum absolute atomic E-state index is 12.8. The van der Waals surface area contributed by atoms with Crippen LogP contribution in [0.3, 0.4) is 0 Å². The fourth-order valence-electron chi connectivity index (χ4n) is 1.45. The second-order valence-electron chi connectivity index (χ2n) is 3.21.